The van der Waals surface area contributed by atoms with E-state index in [4.69, 9.17) is 0 Å². The lowest BCUT2D eigenvalue weighted by Crippen LogP contribution is -2.46. The summed E-state index contributed by atoms with van der Waals surface area (Å²) in [5.41, 5.74) is 0. The summed E-state index contributed by atoms with van der Waals surface area (Å²) in [7, 11) is 0. The molecule has 0 aromatic carbocycles. The fraction of sp³-hybridized carbons (Fsp3) is 0.615. The van der Waals surface area contributed by atoms with Crippen molar-refractivity contribution >= 4 is 17.7 Å². The van der Waals surface area contributed by atoms with Gasteiger partial charge in [0.2, 0.25) is 5.91 Å². The van der Waals surface area contributed by atoms with Gasteiger partial charge in [-0.25, -0.2) is 0 Å². The monoisotopic (exact) mass is 256 g/mol. The van der Waals surface area contributed by atoms with Gasteiger partial charge in [0.05, 0.1) is 0 Å². The van der Waals surface area contributed by atoms with Crippen LogP contribution in [0.4, 0.5) is 0 Å². The minimum atomic E-state index is 0.227. The zero-order chi connectivity index (χ0) is 12.9. The fourth-order valence-corrected chi connectivity index (χ4v) is 1.66. The van der Waals surface area contributed by atoms with Crippen LogP contribution < -0.4 is 5.32 Å². The first-order valence-corrected chi connectivity index (χ1v) is 7.46. The van der Waals surface area contributed by atoms with Crippen molar-refractivity contribution in [2.75, 3.05) is 32.4 Å². The van der Waals surface area contributed by atoms with Crippen LogP contribution in [0.15, 0.2) is 23.6 Å². The molecule has 0 aliphatic carbocycles. The second kappa shape index (κ2) is 11.7. The first kappa shape index (κ1) is 16.3. The number of rotatable bonds is 4. The van der Waals surface area contributed by atoms with Crippen LogP contribution in [0.1, 0.15) is 20.3 Å². The number of hydrogen-bond donors (Lipinski definition) is 1. The van der Waals surface area contributed by atoms with E-state index in [0.717, 1.165) is 26.2 Å². The van der Waals surface area contributed by atoms with Gasteiger partial charge in [-0.15, -0.1) is 11.8 Å². The van der Waals surface area contributed by atoms with Gasteiger partial charge in [0, 0.05) is 32.6 Å². The molecule has 0 atom stereocenters. The SMILES string of the molecule is CC.CS/C=C\C=C\CC(=O)N1CCNCC1. The number of carbonyl (C=O) groups is 1. The highest BCUT2D eigenvalue weighted by Crippen LogP contribution is 1.99. The van der Waals surface area contributed by atoms with Crippen LogP contribution in [-0.2, 0) is 4.79 Å². The number of hydrogen-bond acceptors (Lipinski definition) is 3. The lowest BCUT2D eigenvalue weighted by molar-refractivity contribution is -0.130. The molecule has 98 valence electrons. The molecule has 17 heavy (non-hydrogen) atoms. The van der Waals surface area contributed by atoms with Crippen LogP contribution >= 0.6 is 11.8 Å². The highest BCUT2D eigenvalue weighted by atomic mass is 32.2. The molecule has 0 radical (unpaired) electrons. The van der Waals surface area contributed by atoms with Gasteiger partial charge >= 0.3 is 0 Å². The molecule has 3 nitrogen and oxygen atoms in total. The second-order valence-corrected chi connectivity index (χ2v) is 4.07. The molecule has 0 unspecified atom stereocenters. The van der Waals surface area contributed by atoms with Gasteiger partial charge in [-0.2, -0.15) is 0 Å². The largest absolute Gasteiger partial charge is 0.340 e. The molecule has 1 heterocycles. The van der Waals surface area contributed by atoms with Gasteiger partial charge in [-0.05, 0) is 11.7 Å². The molecule has 1 N–H and O–H groups in total. The maximum Gasteiger partial charge on any atom is 0.226 e. The first-order chi connectivity index (χ1) is 8.34. The van der Waals surface area contributed by atoms with Crippen molar-refractivity contribution in [3.05, 3.63) is 23.6 Å². The molecular weight excluding hydrogens is 232 g/mol. The molecule has 1 saturated heterocycles. The quantitative estimate of drug-likeness (QED) is 0.783. The van der Waals surface area contributed by atoms with Crippen molar-refractivity contribution in [3.8, 4) is 0 Å². The predicted octanol–water partition coefficient (Wildman–Crippen LogP) is 2.27. The Bertz CT molecular complexity index is 246. The summed E-state index contributed by atoms with van der Waals surface area (Å²) in [6.45, 7) is 7.52. The zero-order valence-corrected chi connectivity index (χ0v) is 11.9. The maximum atomic E-state index is 11.6. The Balaban J connectivity index is 0.00000121. The van der Waals surface area contributed by atoms with E-state index in [0.29, 0.717) is 6.42 Å². The van der Waals surface area contributed by atoms with E-state index in [9.17, 15) is 4.79 Å². The minimum Gasteiger partial charge on any atom is -0.340 e. The highest BCUT2D eigenvalue weighted by molar-refractivity contribution is 8.01. The molecule has 1 aliphatic heterocycles. The molecule has 0 saturated carbocycles. The summed E-state index contributed by atoms with van der Waals surface area (Å²) in [4.78, 5) is 13.6. The van der Waals surface area contributed by atoms with Gasteiger partial charge in [0.15, 0.2) is 0 Å². The highest BCUT2D eigenvalue weighted by Gasteiger charge is 2.13. The standard InChI is InChI=1S/C11H18N2OS.C2H6/c1-15-10-4-2-3-5-11(14)13-8-6-12-7-9-13;1-2/h2-4,10,12H,5-9H2,1H3;1-2H3/b3-2+,10-4-;. The van der Waals surface area contributed by atoms with E-state index >= 15 is 0 Å². The van der Waals surface area contributed by atoms with Crippen LogP contribution in [0.2, 0.25) is 0 Å². The Labute approximate surface area is 109 Å². The number of nitrogens with one attached hydrogen (secondary N) is 1. The number of nitrogens with zero attached hydrogens (tertiary/aromatic N) is 1. The molecule has 1 amide bonds. The number of piperazine rings is 1. The Morgan fingerprint density at radius 2 is 1.94 bits per heavy atom. The van der Waals surface area contributed by atoms with Crippen LogP contribution in [0.25, 0.3) is 0 Å². The van der Waals surface area contributed by atoms with Gasteiger partial charge in [-0.1, -0.05) is 32.1 Å². The van der Waals surface area contributed by atoms with Gasteiger partial charge < -0.3 is 10.2 Å². The van der Waals surface area contributed by atoms with Crippen molar-refractivity contribution in [2.24, 2.45) is 0 Å². The third-order valence-corrected chi connectivity index (χ3v) is 2.65. The van der Waals surface area contributed by atoms with Crippen molar-refractivity contribution in [3.63, 3.8) is 0 Å². The molecule has 0 spiro atoms. The molecule has 4 heteroatoms. The van der Waals surface area contributed by atoms with Crippen LogP contribution in [-0.4, -0.2) is 43.2 Å². The molecule has 1 aliphatic rings. The average molecular weight is 256 g/mol. The van der Waals surface area contributed by atoms with E-state index in [1.165, 1.54) is 0 Å². The average Bonchev–Trinajstić information content (AvgIpc) is 2.41. The summed E-state index contributed by atoms with van der Waals surface area (Å²) in [5, 5.41) is 5.22. The van der Waals surface area contributed by atoms with Gasteiger partial charge in [0.25, 0.3) is 0 Å². The molecule has 0 aromatic rings. The molecule has 0 bridgehead atoms. The van der Waals surface area contributed by atoms with E-state index in [2.05, 4.69) is 5.32 Å². The number of allylic oxidation sites excluding steroid dienone is 2. The van der Waals surface area contributed by atoms with E-state index in [-0.39, 0.29) is 5.91 Å². The van der Waals surface area contributed by atoms with Crippen molar-refractivity contribution in [2.45, 2.75) is 20.3 Å². The van der Waals surface area contributed by atoms with E-state index < -0.39 is 0 Å². The summed E-state index contributed by atoms with van der Waals surface area (Å²) in [6, 6.07) is 0. The Hall–Kier alpha value is -0.740. The molecule has 0 aromatic heterocycles. The normalized spacial score (nSPS) is 16.1. The summed E-state index contributed by atoms with van der Waals surface area (Å²) >= 11 is 1.65. The maximum absolute atomic E-state index is 11.6. The van der Waals surface area contributed by atoms with E-state index in [1.54, 1.807) is 11.8 Å². The third-order valence-electron chi connectivity index (χ3n) is 2.22. The number of thioether (sulfide) groups is 1. The summed E-state index contributed by atoms with van der Waals surface area (Å²) in [5.74, 6) is 0.227. The van der Waals surface area contributed by atoms with Crippen molar-refractivity contribution < 1.29 is 4.79 Å². The Kier molecular flexibility index (Phi) is 11.2. The smallest absolute Gasteiger partial charge is 0.226 e. The zero-order valence-electron chi connectivity index (χ0n) is 11.1. The van der Waals surface area contributed by atoms with Gasteiger partial charge in [-0.3, -0.25) is 4.79 Å². The number of carbonyl (C=O) groups excluding carboxylic acids is 1. The predicted molar refractivity (Wildman–Crippen MR) is 77.2 cm³/mol. The van der Waals surface area contributed by atoms with Crippen LogP contribution in [0.3, 0.4) is 0 Å². The Morgan fingerprint density at radius 3 is 2.53 bits per heavy atom. The second-order valence-electron chi connectivity index (χ2n) is 3.33. The third kappa shape index (κ3) is 8.05. The van der Waals surface area contributed by atoms with Crippen LogP contribution in [0, 0.1) is 0 Å². The summed E-state index contributed by atoms with van der Waals surface area (Å²) < 4.78 is 0. The summed E-state index contributed by atoms with van der Waals surface area (Å²) in [6.07, 6.45) is 8.32. The van der Waals surface area contributed by atoms with Crippen molar-refractivity contribution in [1.82, 2.24) is 10.2 Å². The van der Waals surface area contributed by atoms with Crippen LogP contribution in [0.5, 0.6) is 0 Å². The number of amides is 1. The first-order valence-electron chi connectivity index (χ1n) is 6.17. The van der Waals surface area contributed by atoms with Gasteiger partial charge in [0.1, 0.15) is 0 Å². The molecule has 1 rings (SSSR count). The Morgan fingerprint density at radius 1 is 1.29 bits per heavy atom. The topological polar surface area (TPSA) is 32.3 Å². The van der Waals surface area contributed by atoms with Crippen molar-refractivity contribution in [1.29, 1.82) is 0 Å². The molecule has 1 fully saturated rings. The lowest BCUT2D eigenvalue weighted by Gasteiger charge is -2.27. The van der Waals surface area contributed by atoms with E-state index in [1.807, 2.05) is 48.6 Å². The molecular formula is C13H24N2OS. The minimum absolute atomic E-state index is 0.227. The fourth-order valence-electron chi connectivity index (χ4n) is 1.41. The lowest BCUT2D eigenvalue weighted by atomic mass is 10.3.